The SMILES string of the molecule is c1cc2c3c(c1)-c1cccc4c5ccccc5n(c14)B3c1ccc3c(c1O2)Oc1cccc2c1B3n1c3ccccc3c3cccc-2c31. The predicted octanol–water partition coefficient (Wildman–Crippen LogP) is 7.38. The van der Waals surface area contributed by atoms with Crippen LogP contribution in [0.1, 0.15) is 0 Å². The second kappa shape index (κ2) is 8.04. The zero-order valence-corrected chi connectivity index (χ0v) is 25.6. The highest BCUT2D eigenvalue weighted by atomic mass is 16.5. The van der Waals surface area contributed by atoms with Crippen LogP contribution in [0.3, 0.4) is 0 Å². The zero-order chi connectivity index (χ0) is 30.8. The minimum Gasteiger partial charge on any atom is -0.454 e. The Morgan fingerprint density at radius 3 is 1.29 bits per heavy atom. The topological polar surface area (TPSA) is 28.3 Å². The van der Waals surface area contributed by atoms with E-state index in [2.05, 4.69) is 142 Å². The lowest BCUT2D eigenvalue weighted by molar-refractivity contribution is 0.424. The summed E-state index contributed by atoms with van der Waals surface area (Å²) in [6.45, 7) is -0.102. The summed E-state index contributed by atoms with van der Waals surface area (Å²) < 4.78 is 19.2. The lowest BCUT2D eigenvalue weighted by atomic mass is 9.43. The summed E-state index contributed by atoms with van der Waals surface area (Å²) in [5, 5.41) is 5.12. The van der Waals surface area contributed by atoms with Gasteiger partial charge in [0.2, 0.25) is 0 Å². The van der Waals surface area contributed by atoms with Gasteiger partial charge in [-0.1, -0.05) is 109 Å². The highest BCUT2D eigenvalue weighted by molar-refractivity contribution is 6.91. The Labute approximate surface area is 275 Å². The summed E-state index contributed by atoms with van der Waals surface area (Å²) in [5.74, 6) is 3.42. The largest absolute Gasteiger partial charge is 0.454 e. The van der Waals surface area contributed by atoms with Crippen LogP contribution in [0.2, 0.25) is 0 Å². The van der Waals surface area contributed by atoms with Crippen molar-refractivity contribution in [3.63, 3.8) is 0 Å². The standard InChI is InChI=1S/C42H22B2N2O2/c1-3-17-33-23(9-1)27-13-5-15-29-25-11-7-19-35-37(25)43(45(33)39(27)29)31-21-22-32-42(41(31)47-35)48-36-20-8-12-26-30-16-6-14-28-24-10-2-4-18-34(24)46(40(28)30)44(32)38(26)36/h1-22H. The summed E-state index contributed by atoms with van der Waals surface area (Å²) in [6.07, 6.45) is 0. The van der Waals surface area contributed by atoms with E-state index in [4.69, 9.17) is 9.47 Å². The van der Waals surface area contributed by atoms with Crippen LogP contribution >= 0.6 is 0 Å². The molecule has 0 radical (unpaired) electrons. The van der Waals surface area contributed by atoms with Crippen molar-refractivity contribution in [1.29, 1.82) is 0 Å². The van der Waals surface area contributed by atoms with Gasteiger partial charge < -0.3 is 18.4 Å². The van der Waals surface area contributed by atoms with E-state index in [1.165, 1.54) is 76.8 Å². The van der Waals surface area contributed by atoms with E-state index < -0.39 is 0 Å². The number of aromatic nitrogens is 2. The molecule has 0 atom stereocenters. The summed E-state index contributed by atoms with van der Waals surface area (Å²) >= 11 is 0. The Balaban J connectivity index is 1.14. The van der Waals surface area contributed by atoms with Gasteiger partial charge in [-0.25, -0.2) is 0 Å². The van der Waals surface area contributed by atoms with Gasteiger partial charge in [0.15, 0.2) is 11.5 Å². The van der Waals surface area contributed by atoms with Crippen LogP contribution in [0.4, 0.5) is 0 Å². The highest BCUT2D eigenvalue weighted by Gasteiger charge is 2.46. The first kappa shape index (κ1) is 24.1. The van der Waals surface area contributed by atoms with E-state index in [0.717, 1.165) is 33.9 Å². The zero-order valence-electron chi connectivity index (χ0n) is 25.6. The molecule has 4 aliphatic rings. The molecule has 218 valence electrons. The Bertz CT molecular complexity index is 2790. The summed E-state index contributed by atoms with van der Waals surface area (Å²) in [5.41, 5.74) is 14.7. The molecule has 0 N–H and O–H groups in total. The second-order valence-corrected chi connectivity index (χ2v) is 13.5. The summed E-state index contributed by atoms with van der Waals surface area (Å²) in [4.78, 5) is 0. The third-order valence-electron chi connectivity index (χ3n) is 11.4. The van der Waals surface area contributed by atoms with Crippen molar-refractivity contribution < 1.29 is 9.47 Å². The van der Waals surface area contributed by atoms with E-state index in [1.54, 1.807) is 0 Å². The molecule has 0 spiro atoms. The number of para-hydroxylation sites is 4. The van der Waals surface area contributed by atoms with E-state index in [9.17, 15) is 0 Å². The number of hydrogen-bond donors (Lipinski definition) is 0. The molecule has 7 aromatic carbocycles. The maximum atomic E-state index is 7.04. The van der Waals surface area contributed by atoms with Gasteiger partial charge in [0.25, 0.3) is 0 Å². The van der Waals surface area contributed by atoms with Crippen molar-refractivity contribution in [2.45, 2.75) is 0 Å². The molecule has 13 rings (SSSR count). The Kier molecular flexibility index (Phi) is 4.04. The van der Waals surface area contributed by atoms with Crippen molar-refractivity contribution in [3.8, 4) is 45.3 Å². The monoisotopic (exact) mass is 608 g/mol. The maximum Gasteiger partial charge on any atom is 0.336 e. The molecule has 0 unspecified atom stereocenters. The molecule has 48 heavy (non-hydrogen) atoms. The van der Waals surface area contributed by atoms with Gasteiger partial charge in [-0.05, 0) is 46.3 Å². The van der Waals surface area contributed by atoms with E-state index in [-0.39, 0.29) is 13.7 Å². The van der Waals surface area contributed by atoms with Crippen molar-refractivity contribution in [3.05, 3.63) is 133 Å². The quantitative estimate of drug-likeness (QED) is 0.168. The molecule has 4 aliphatic heterocycles. The minimum absolute atomic E-state index is 0.0509. The Morgan fingerprint density at radius 2 is 0.792 bits per heavy atom. The molecule has 6 heterocycles. The number of nitrogens with zero attached hydrogens (tertiary/aromatic N) is 2. The number of rotatable bonds is 0. The van der Waals surface area contributed by atoms with Crippen LogP contribution in [-0.2, 0) is 0 Å². The molecular formula is C42H22B2N2O2. The van der Waals surface area contributed by atoms with Crippen molar-refractivity contribution in [1.82, 2.24) is 8.96 Å². The maximum absolute atomic E-state index is 7.04. The average molecular weight is 608 g/mol. The third-order valence-corrected chi connectivity index (χ3v) is 11.4. The molecular weight excluding hydrogens is 586 g/mol. The first-order valence-electron chi connectivity index (χ1n) is 16.7. The number of ether oxygens (including phenoxy) is 2. The van der Waals surface area contributed by atoms with Crippen LogP contribution in [-0.4, -0.2) is 22.7 Å². The van der Waals surface area contributed by atoms with E-state index in [1.807, 2.05) is 0 Å². The first-order chi connectivity index (χ1) is 23.8. The molecule has 0 amide bonds. The van der Waals surface area contributed by atoms with Crippen LogP contribution in [0.15, 0.2) is 133 Å². The van der Waals surface area contributed by atoms with Gasteiger partial charge in [0.05, 0.1) is 0 Å². The van der Waals surface area contributed by atoms with Gasteiger partial charge in [-0.2, -0.15) is 0 Å². The van der Waals surface area contributed by atoms with Crippen molar-refractivity contribution in [2.24, 2.45) is 0 Å². The normalized spacial score (nSPS) is 14.1. The molecule has 0 bridgehead atoms. The lowest BCUT2D eigenvalue weighted by Crippen LogP contribution is -2.57. The molecule has 0 aliphatic carbocycles. The number of hydrogen-bond acceptors (Lipinski definition) is 2. The first-order valence-corrected chi connectivity index (χ1v) is 16.7. The Hall–Kier alpha value is -6.13. The lowest BCUT2D eigenvalue weighted by Gasteiger charge is -2.37. The van der Waals surface area contributed by atoms with Gasteiger partial charge in [0.1, 0.15) is 11.5 Å². The highest BCUT2D eigenvalue weighted by Crippen LogP contribution is 2.47. The minimum atomic E-state index is -0.0509. The second-order valence-electron chi connectivity index (χ2n) is 13.5. The number of benzene rings is 7. The van der Waals surface area contributed by atoms with Crippen LogP contribution in [0.25, 0.3) is 65.9 Å². The average Bonchev–Trinajstić information content (AvgIpc) is 3.66. The van der Waals surface area contributed by atoms with Crippen molar-refractivity contribution >= 4 is 79.2 Å². The van der Waals surface area contributed by atoms with Gasteiger partial charge >= 0.3 is 13.7 Å². The molecule has 9 aromatic rings. The molecule has 4 nitrogen and oxygen atoms in total. The van der Waals surface area contributed by atoms with Crippen LogP contribution < -0.4 is 31.3 Å². The molecule has 0 saturated heterocycles. The summed E-state index contributed by atoms with van der Waals surface area (Å²) in [6, 6.07) is 48.7. The van der Waals surface area contributed by atoms with Gasteiger partial charge in [-0.3, -0.25) is 0 Å². The van der Waals surface area contributed by atoms with Gasteiger partial charge in [-0.15, -0.1) is 0 Å². The van der Waals surface area contributed by atoms with Crippen LogP contribution in [0.5, 0.6) is 23.0 Å². The fraction of sp³-hybridized carbons (Fsp3) is 0. The van der Waals surface area contributed by atoms with E-state index >= 15 is 0 Å². The van der Waals surface area contributed by atoms with Crippen molar-refractivity contribution in [2.75, 3.05) is 0 Å². The smallest absolute Gasteiger partial charge is 0.336 e. The molecule has 0 saturated carbocycles. The van der Waals surface area contributed by atoms with Gasteiger partial charge in [0, 0.05) is 65.7 Å². The fourth-order valence-corrected chi connectivity index (χ4v) is 9.68. The Morgan fingerprint density at radius 1 is 0.375 bits per heavy atom. The van der Waals surface area contributed by atoms with E-state index in [0.29, 0.717) is 0 Å². The third kappa shape index (κ3) is 2.58. The molecule has 0 fully saturated rings. The number of fused-ring (bicyclic) bond motifs is 15. The predicted molar refractivity (Wildman–Crippen MR) is 197 cm³/mol. The fourth-order valence-electron chi connectivity index (χ4n) is 9.68. The molecule has 6 heteroatoms. The summed E-state index contributed by atoms with van der Waals surface area (Å²) in [7, 11) is 0. The molecule has 2 aromatic heterocycles. The van der Waals surface area contributed by atoms with Crippen LogP contribution in [0, 0.1) is 0 Å².